The van der Waals surface area contributed by atoms with Crippen molar-refractivity contribution < 1.29 is 9.26 Å². The van der Waals surface area contributed by atoms with Gasteiger partial charge in [-0.1, -0.05) is 17.3 Å². The molecule has 0 aliphatic heterocycles. The predicted molar refractivity (Wildman–Crippen MR) is 72.9 cm³/mol. The van der Waals surface area contributed by atoms with Crippen molar-refractivity contribution in [1.82, 2.24) is 15.5 Å². The Morgan fingerprint density at radius 3 is 2.79 bits per heavy atom. The van der Waals surface area contributed by atoms with Crippen LogP contribution in [-0.2, 0) is 6.54 Å². The third-order valence-electron chi connectivity index (χ3n) is 2.57. The van der Waals surface area contributed by atoms with E-state index in [9.17, 15) is 0 Å². The Labute approximate surface area is 113 Å². The van der Waals surface area contributed by atoms with Crippen molar-refractivity contribution in [2.24, 2.45) is 0 Å². The second-order valence-corrected chi connectivity index (χ2v) is 5.35. The zero-order valence-corrected chi connectivity index (χ0v) is 11.7. The minimum absolute atomic E-state index is 0.0185. The lowest BCUT2D eigenvalue weighted by Gasteiger charge is -2.18. The summed E-state index contributed by atoms with van der Waals surface area (Å²) in [6.07, 6.45) is 0. The van der Waals surface area contributed by atoms with Gasteiger partial charge in [0.15, 0.2) is 0 Å². The molecule has 0 atom stereocenters. The molecule has 1 heterocycles. The van der Waals surface area contributed by atoms with Crippen LogP contribution in [0.5, 0.6) is 5.75 Å². The van der Waals surface area contributed by atoms with E-state index < -0.39 is 0 Å². The van der Waals surface area contributed by atoms with E-state index in [4.69, 9.17) is 9.26 Å². The second kappa shape index (κ2) is 5.40. The summed E-state index contributed by atoms with van der Waals surface area (Å²) in [5, 5.41) is 7.29. The number of benzene rings is 1. The SMILES string of the molecule is COc1cccc(-c2noc(CNC(C)(C)C)n2)c1. The van der Waals surface area contributed by atoms with Crippen LogP contribution >= 0.6 is 0 Å². The van der Waals surface area contributed by atoms with Crippen molar-refractivity contribution in [3.05, 3.63) is 30.2 Å². The first-order valence-corrected chi connectivity index (χ1v) is 6.20. The maximum absolute atomic E-state index is 5.22. The number of nitrogens with zero attached hydrogens (tertiary/aromatic N) is 2. The molecule has 0 saturated heterocycles. The molecule has 1 N–H and O–H groups in total. The van der Waals surface area contributed by atoms with Crippen LogP contribution in [0.15, 0.2) is 28.8 Å². The first-order valence-electron chi connectivity index (χ1n) is 6.20. The largest absolute Gasteiger partial charge is 0.497 e. The zero-order valence-electron chi connectivity index (χ0n) is 11.7. The number of rotatable bonds is 4. The summed E-state index contributed by atoms with van der Waals surface area (Å²) in [5.74, 6) is 1.93. The van der Waals surface area contributed by atoms with E-state index in [0.29, 0.717) is 18.3 Å². The molecule has 2 rings (SSSR count). The number of hydrogen-bond donors (Lipinski definition) is 1. The average molecular weight is 261 g/mol. The molecule has 0 fully saturated rings. The van der Waals surface area contributed by atoms with Crippen LogP contribution in [0.2, 0.25) is 0 Å². The quantitative estimate of drug-likeness (QED) is 0.916. The van der Waals surface area contributed by atoms with Crippen LogP contribution < -0.4 is 10.1 Å². The van der Waals surface area contributed by atoms with Crippen LogP contribution in [0.1, 0.15) is 26.7 Å². The summed E-state index contributed by atoms with van der Waals surface area (Å²) in [6, 6.07) is 7.59. The van der Waals surface area contributed by atoms with Gasteiger partial charge in [0.25, 0.3) is 0 Å². The summed E-state index contributed by atoms with van der Waals surface area (Å²) < 4.78 is 10.4. The molecule has 0 unspecified atom stereocenters. The average Bonchev–Trinajstić information content (AvgIpc) is 2.84. The Morgan fingerprint density at radius 1 is 1.32 bits per heavy atom. The molecule has 1 aromatic heterocycles. The first kappa shape index (κ1) is 13.5. The lowest BCUT2D eigenvalue weighted by Crippen LogP contribution is -2.35. The molecule has 2 aromatic rings. The van der Waals surface area contributed by atoms with E-state index >= 15 is 0 Å². The van der Waals surface area contributed by atoms with Gasteiger partial charge in [-0.25, -0.2) is 0 Å². The third-order valence-corrected chi connectivity index (χ3v) is 2.57. The zero-order chi connectivity index (χ0) is 13.9. The highest BCUT2D eigenvalue weighted by molar-refractivity contribution is 5.56. The Kier molecular flexibility index (Phi) is 3.85. The van der Waals surface area contributed by atoms with Gasteiger partial charge in [-0.15, -0.1) is 0 Å². The number of methoxy groups -OCH3 is 1. The van der Waals surface area contributed by atoms with Gasteiger partial charge < -0.3 is 14.6 Å². The van der Waals surface area contributed by atoms with Crippen LogP contribution in [-0.4, -0.2) is 22.8 Å². The highest BCUT2D eigenvalue weighted by atomic mass is 16.5. The normalized spacial score (nSPS) is 11.6. The summed E-state index contributed by atoms with van der Waals surface area (Å²) in [4.78, 5) is 4.36. The standard InChI is InChI=1S/C14H19N3O2/c1-14(2,3)15-9-12-16-13(17-19-12)10-6-5-7-11(8-10)18-4/h5-8,15H,9H2,1-4H3. The third kappa shape index (κ3) is 3.79. The molecular weight excluding hydrogens is 242 g/mol. The van der Waals surface area contributed by atoms with E-state index in [0.717, 1.165) is 11.3 Å². The topological polar surface area (TPSA) is 60.2 Å². The molecule has 5 nitrogen and oxygen atoms in total. The van der Waals surface area contributed by atoms with E-state index in [-0.39, 0.29) is 5.54 Å². The van der Waals surface area contributed by atoms with Crippen molar-refractivity contribution >= 4 is 0 Å². The molecule has 1 aromatic carbocycles. The molecule has 0 spiro atoms. The molecule has 5 heteroatoms. The second-order valence-electron chi connectivity index (χ2n) is 5.35. The number of ether oxygens (including phenoxy) is 1. The molecule has 0 radical (unpaired) electrons. The Hall–Kier alpha value is -1.88. The number of hydrogen-bond acceptors (Lipinski definition) is 5. The minimum atomic E-state index is 0.0185. The predicted octanol–water partition coefficient (Wildman–Crippen LogP) is 2.63. The van der Waals surface area contributed by atoms with Crippen molar-refractivity contribution in [2.75, 3.05) is 7.11 Å². The van der Waals surface area contributed by atoms with Crippen LogP contribution in [0.25, 0.3) is 11.4 Å². The molecule has 0 bridgehead atoms. The lowest BCUT2D eigenvalue weighted by atomic mass is 10.1. The Morgan fingerprint density at radius 2 is 2.11 bits per heavy atom. The lowest BCUT2D eigenvalue weighted by molar-refractivity contribution is 0.336. The fourth-order valence-corrected chi connectivity index (χ4v) is 1.55. The fraction of sp³-hybridized carbons (Fsp3) is 0.429. The van der Waals surface area contributed by atoms with Crippen molar-refractivity contribution in [3.8, 4) is 17.1 Å². The maximum Gasteiger partial charge on any atom is 0.240 e. The van der Waals surface area contributed by atoms with Gasteiger partial charge >= 0.3 is 0 Å². The van der Waals surface area contributed by atoms with E-state index in [2.05, 4.69) is 36.2 Å². The van der Waals surface area contributed by atoms with E-state index in [1.807, 2.05) is 24.3 Å². The van der Waals surface area contributed by atoms with Gasteiger partial charge in [-0.05, 0) is 32.9 Å². The molecule has 0 aliphatic carbocycles. The minimum Gasteiger partial charge on any atom is -0.497 e. The van der Waals surface area contributed by atoms with Crippen molar-refractivity contribution in [1.29, 1.82) is 0 Å². The first-order chi connectivity index (χ1) is 8.98. The number of aromatic nitrogens is 2. The molecule has 0 aliphatic rings. The Bertz CT molecular complexity index is 544. The molecular formula is C14H19N3O2. The highest BCUT2D eigenvalue weighted by Crippen LogP contribution is 2.21. The number of nitrogens with one attached hydrogen (secondary N) is 1. The monoisotopic (exact) mass is 261 g/mol. The van der Waals surface area contributed by atoms with Crippen LogP contribution in [0.4, 0.5) is 0 Å². The van der Waals surface area contributed by atoms with Gasteiger partial charge in [0, 0.05) is 11.1 Å². The Balaban J connectivity index is 2.12. The summed E-state index contributed by atoms with van der Waals surface area (Å²) >= 11 is 0. The summed E-state index contributed by atoms with van der Waals surface area (Å²) in [6.45, 7) is 6.82. The highest BCUT2D eigenvalue weighted by Gasteiger charge is 2.13. The molecule has 19 heavy (non-hydrogen) atoms. The van der Waals surface area contributed by atoms with Gasteiger partial charge in [-0.3, -0.25) is 0 Å². The fourth-order valence-electron chi connectivity index (χ4n) is 1.55. The molecule has 102 valence electrons. The van der Waals surface area contributed by atoms with E-state index in [1.54, 1.807) is 7.11 Å². The maximum atomic E-state index is 5.22. The van der Waals surface area contributed by atoms with Gasteiger partial charge in [0.05, 0.1) is 13.7 Å². The van der Waals surface area contributed by atoms with Crippen LogP contribution in [0.3, 0.4) is 0 Å². The van der Waals surface area contributed by atoms with Crippen molar-refractivity contribution in [3.63, 3.8) is 0 Å². The molecule has 0 amide bonds. The summed E-state index contributed by atoms with van der Waals surface area (Å²) in [7, 11) is 1.63. The van der Waals surface area contributed by atoms with Crippen molar-refractivity contribution in [2.45, 2.75) is 32.9 Å². The summed E-state index contributed by atoms with van der Waals surface area (Å²) in [5.41, 5.74) is 0.898. The van der Waals surface area contributed by atoms with E-state index in [1.165, 1.54) is 0 Å². The van der Waals surface area contributed by atoms with Gasteiger partial charge in [0.1, 0.15) is 5.75 Å². The molecule has 0 saturated carbocycles. The van der Waals surface area contributed by atoms with Crippen LogP contribution in [0, 0.1) is 0 Å². The van der Waals surface area contributed by atoms with Gasteiger partial charge in [-0.2, -0.15) is 4.98 Å². The smallest absolute Gasteiger partial charge is 0.240 e. The van der Waals surface area contributed by atoms with Gasteiger partial charge in [0.2, 0.25) is 11.7 Å².